The summed E-state index contributed by atoms with van der Waals surface area (Å²) in [5.41, 5.74) is 1.99. The third-order valence-electron chi connectivity index (χ3n) is 5.64. The smallest absolute Gasteiger partial charge is 0.295 e. The highest BCUT2D eigenvalue weighted by Gasteiger charge is 2.46. The van der Waals surface area contributed by atoms with Crippen LogP contribution in [0.5, 0.6) is 11.5 Å². The summed E-state index contributed by atoms with van der Waals surface area (Å²) in [5, 5.41) is 11.2. The molecule has 1 unspecified atom stereocenters. The first kappa shape index (κ1) is 22.9. The Bertz CT molecular complexity index is 1230. The number of nitrogens with zero attached hydrogens (tertiary/aromatic N) is 1. The molecule has 1 heterocycles. The molecule has 1 amide bonds. The summed E-state index contributed by atoms with van der Waals surface area (Å²) in [6.45, 7) is 4.23. The molecule has 172 valence electrons. The molecule has 1 aliphatic heterocycles. The van der Waals surface area contributed by atoms with Gasteiger partial charge < -0.3 is 19.5 Å². The van der Waals surface area contributed by atoms with E-state index in [1.807, 2.05) is 30.3 Å². The summed E-state index contributed by atoms with van der Waals surface area (Å²) in [5.74, 6) is -0.470. The fourth-order valence-corrected chi connectivity index (χ4v) is 4.00. The van der Waals surface area contributed by atoms with Crippen molar-refractivity contribution in [2.75, 3.05) is 13.7 Å². The van der Waals surface area contributed by atoms with E-state index in [4.69, 9.17) is 9.47 Å². The van der Waals surface area contributed by atoms with Gasteiger partial charge in [-0.1, -0.05) is 67.3 Å². The Hall–Kier alpha value is -4.32. The van der Waals surface area contributed by atoms with E-state index < -0.39 is 17.7 Å². The highest BCUT2D eigenvalue weighted by atomic mass is 16.5. The number of methoxy groups -OCH3 is 1. The number of ether oxygens (including phenoxy) is 2. The lowest BCUT2D eigenvalue weighted by atomic mass is 9.95. The molecule has 0 aromatic heterocycles. The van der Waals surface area contributed by atoms with Crippen LogP contribution in [0.2, 0.25) is 0 Å². The van der Waals surface area contributed by atoms with Gasteiger partial charge in [0.1, 0.15) is 23.9 Å². The van der Waals surface area contributed by atoms with Crippen LogP contribution in [0, 0.1) is 0 Å². The number of aliphatic hydroxyl groups is 1. The Balaban J connectivity index is 1.82. The normalized spacial score (nSPS) is 17.0. The average molecular weight is 456 g/mol. The molecule has 0 radical (unpaired) electrons. The van der Waals surface area contributed by atoms with E-state index in [1.165, 1.54) is 12.0 Å². The molecule has 1 fully saturated rings. The van der Waals surface area contributed by atoms with E-state index in [0.717, 1.165) is 5.56 Å². The topological polar surface area (TPSA) is 76.1 Å². The first-order valence-electron chi connectivity index (χ1n) is 10.8. The number of amides is 1. The van der Waals surface area contributed by atoms with E-state index in [-0.39, 0.29) is 17.9 Å². The summed E-state index contributed by atoms with van der Waals surface area (Å²) in [6.07, 6.45) is 1.65. The van der Waals surface area contributed by atoms with Gasteiger partial charge in [-0.15, -0.1) is 0 Å². The first-order valence-corrected chi connectivity index (χ1v) is 10.8. The minimum absolute atomic E-state index is 0.0361. The van der Waals surface area contributed by atoms with Crippen LogP contribution in [0.1, 0.15) is 22.7 Å². The summed E-state index contributed by atoms with van der Waals surface area (Å²) in [7, 11) is 1.52. The molecule has 0 saturated carbocycles. The number of ketones is 1. The van der Waals surface area contributed by atoms with Crippen LogP contribution in [-0.2, 0) is 16.1 Å². The molecule has 3 aromatic rings. The van der Waals surface area contributed by atoms with Crippen LogP contribution in [0.3, 0.4) is 0 Å². The van der Waals surface area contributed by atoms with Crippen LogP contribution in [-0.4, -0.2) is 35.4 Å². The quantitative estimate of drug-likeness (QED) is 0.227. The Morgan fingerprint density at radius 2 is 1.74 bits per heavy atom. The van der Waals surface area contributed by atoms with Crippen LogP contribution in [0.25, 0.3) is 5.76 Å². The van der Waals surface area contributed by atoms with Crippen molar-refractivity contribution < 1.29 is 24.2 Å². The minimum atomic E-state index is -0.764. The van der Waals surface area contributed by atoms with Crippen molar-refractivity contribution in [3.05, 3.63) is 114 Å². The lowest BCUT2D eigenvalue weighted by molar-refractivity contribution is -0.140. The number of aliphatic hydroxyl groups excluding tert-OH is 1. The fraction of sp³-hybridized carbons (Fsp3) is 0.143. The van der Waals surface area contributed by atoms with E-state index in [1.54, 1.807) is 54.6 Å². The molecule has 0 bridgehead atoms. The molecular weight excluding hydrogens is 430 g/mol. The molecular formula is C28H25NO5. The summed E-state index contributed by atoms with van der Waals surface area (Å²) >= 11 is 0. The average Bonchev–Trinajstić information content (AvgIpc) is 3.13. The third kappa shape index (κ3) is 4.57. The number of rotatable bonds is 8. The van der Waals surface area contributed by atoms with Crippen molar-refractivity contribution in [1.82, 2.24) is 4.90 Å². The molecule has 34 heavy (non-hydrogen) atoms. The van der Waals surface area contributed by atoms with E-state index >= 15 is 0 Å². The molecule has 1 atom stereocenters. The zero-order chi connectivity index (χ0) is 24.1. The molecule has 6 heteroatoms. The number of carbonyl (C=O) groups excluding carboxylic acids is 2. The second-order valence-electron chi connectivity index (χ2n) is 7.81. The molecule has 0 aliphatic carbocycles. The Kier molecular flexibility index (Phi) is 6.78. The summed E-state index contributed by atoms with van der Waals surface area (Å²) in [6, 6.07) is 22.6. The zero-order valence-corrected chi connectivity index (χ0v) is 18.8. The third-order valence-corrected chi connectivity index (χ3v) is 5.64. The minimum Gasteiger partial charge on any atom is -0.507 e. The van der Waals surface area contributed by atoms with Gasteiger partial charge in [0, 0.05) is 12.1 Å². The van der Waals surface area contributed by atoms with Gasteiger partial charge in [-0.05, 0) is 35.4 Å². The number of likely N-dealkylation sites (tertiary alicyclic amines) is 1. The van der Waals surface area contributed by atoms with Gasteiger partial charge in [0.2, 0.25) is 0 Å². The first-order chi connectivity index (χ1) is 16.5. The van der Waals surface area contributed by atoms with Gasteiger partial charge >= 0.3 is 0 Å². The monoisotopic (exact) mass is 455 g/mol. The number of benzene rings is 3. The van der Waals surface area contributed by atoms with Crippen molar-refractivity contribution in [1.29, 1.82) is 0 Å². The lowest BCUT2D eigenvalue weighted by Crippen LogP contribution is -2.29. The number of Topliss-reactive ketones (excluding diaryl/α,β-unsaturated/α-hetero) is 1. The van der Waals surface area contributed by atoms with Gasteiger partial charge in [0.15, 0.2) is 0 Å². The van der Waals surface area contributed by atoms with Gasteiger partial charge in [0.05, 0.1) is 18.7 Å². The van der Waals surface area contributed by atoms with Crippen molar-refractivity contribution in [2.45, 2.75) is 12.6 Å². The van der Waals surface area contributed by atoms with Gasteiger partial charge in [-0.25, -0.2) is 0 Å². The highest BCUT2D eigenvalue weighted by Crippen LogP contribution is 2.41. The van der Waals surface area contributed by atoms with E-state index in [0.29, 0.717) is 29.2 Å². The Morgan fingerprint density at radius 1 is 1.00 bits per heavy atom. The maximum absolute atomic E-state index is 13.2. The van der Waals surface area contributed by atoms with E-state index in [9.17, 15) is 14.7 Å². The van der Waals surface area contributed by atoms with Crippen molar-refractivity contribution in [2.24, 2.45) is 0 Å². The summed E-state index contributed by atoms with van der Waals surface area (Å²) in [4.78, 5) is 27.8. The van der Waals surface area contributed by atoms with Crippen molar-refractivity contribution in [3.8, 4) is 11.5 Å². The molecule has 1 aliphatic rings. The van der Waals surface area contributed by atoms with Gasteiger partial charge in [-0.3, -0.25) is 9.59 Å². The van der Waals surface area contributed by atoms with E-state index in [2.05, 4.69) is 6.58 Å². The van der Waals surface area contributed by atoms with Crippen molar-refractivity contribution >= 4 is 17.4 Å². The molecule has 3 aromatic carbocycles. The second kappa shape index (κ2) is 10.1. The van der Waals surface area contributed by atoms with Crippen LogP contribution < -0.4 is 9.47 Å². The molecule has 1 saturated heterocycles. The second-order valence-corrected chi connectivity index (χ2v) is 7.81. The summed E-state index contributed by atoms with van der Waals surface area (Å²) < 4.78 is 10.8. The van der Waals surface area contributed by atoms with Crippen molar-refractivity contribution in [3.63, 3.8) is 0 Å². The Labute approximate surface area is 198 Å². The van der Waals surface area contributed by atoms with Crippen LogP contribution in [0.4, 0.5) is 0 Å². The number of carbonyl (C=O) groups is 2. The van der Waals surface area contributed by atoms with Crippen LogP contribution in [0.15, 0.2) is 97.1 Å². The van der Waals surface area contributed by atoms with Gasteiger partial charge in [0.25, 0.3) is 11.7 Å². The largest absolute Gasteiger partial charge is 0.507 e. The highest BCUT2D eigenvalue weighted by molar-refractivity contribution is 6.46. The SMILES string of the molecule is C=CCOc1ccc(C2C(=C(O)c3cccc(OC)c3)C(=O)C(=O)N2Cc2ccccc2)cc1. The fourth-order valence-electron chi connectivity index (χ4n) is 4.00. The zero-order valence-electron chi connectivity index (χ0n) is 18.8. The lowest BCUT2D eigenvalue weighted by Gasteiger charge is -2.25. The molecule has 6 nitrogen and oxygen atoms in total. The predicted molar refractivity (Wildman–Crippen MR) is 129 cm³/mol. The Morgan fingerprint density at radius 3 is 2.41 bits per heavy atom. The number of hydrogen-bond donors (Lipinski definition) is 1. The molecule has 0 spiro atoms. The molecule has 1 N–H and O–H groups in total. The van der Waals surface area contributed by atoms with Crippen LogP contribution >= 0.6 is 0 Å². The number of hydrogen-bond acceptors (Lipinski definition) is 5. The maximum atomic E-state index is 13.2. The molecule has 4 rings (SSSR count). The maximum Gasteiger partial charge on any atom is 0.295 e. The predicted octanol–water partition coefficient (Wildman–Crippen LogP) is 4.88. The van der Waals surface area contributed by atoms with Gasteiger partial charge in [-0.2, -0.15) is 0 Å². The standard InChI is InChI=1S/C28H25NO5/c1-3-16-34-22-14-12-20(13-15-22)25-24(26(30)21-10-7-11-23(17-21)33-2)27(31)28(32)29(25)18-19-8-5-4-6-9-19/h3-15,17,25,30H,1,16,18H2,2H3.